The molecule has 0 spiro atoms. The van der Waals surface area contributed by atoms with Crippen molar-refractivity contribution in [3.8, 4) is 0 Å². The van der Waals surface area contributed by atoms with Crippen molar-refractivity contribution in [2.24, 2.45) is 0 Å². The number of H-pyrrole nitrogens is 1. The summed E-state index contributed by atoms with van der Waals surface area (Å²) in [6.07, 6.45) is 7.05. The van der Waals surface area contributed by atoms with E-state index in [1.807, 2.05) is 6.20 Å². The molecule has 0 saturated carbocycles. The molecule has 5 nitrogen and oxygen atoms in total. The van der Waals surface area contributed by atoms with E-state index in [-0.39, 0.29) is 0 Å². The van der Waals surface area contributed by atoms with Gasteiger partial charge in [0, 0.05) is 37.5 Å². The molecule has 0 unspecified atom stereocenters. The van der Waals surface area contributed by atoms with Gasteiger partial charge in [0.1, 0.15) is 0 Å². The number of hydrogen-bond donors (Lipinski definition) is 1. The summed E-state index contributed by atoms with van der Waals surface area (Å²) in [5.74, 6) is 0.601. The van der Waals surface area contributed by atoms with Gasteiger partial charge in [-0.3, -0.25) is 5.10 Å². The molecule has 0 aromatic carbocycles. The largest absolute Gasteiger partial charge is 0.377 e. The number of ether oxygens (including phenoxy) is 2. The Balaban J connectivity index is 1.35. The third kappa shape index (κ3) is 3.81. The van der Waals surface area contributed by atoms with Crippen LogP contribution in [0, 0.1) is 0 Å². The molecule has 2 aliphatic heterocycles. The van der Waals surface area contributed by atoms with Crippen molar-refractivity contribution in [3.05, 3.63) is 18.0 Å². The molecule has 0 amide bonds. The van der Waals surface area contributed by atoms with Crippen molar-refractivity contribution >= 4 is 0 Å². The van der Waals surface area contributed by atoms with Crippen LogP contribution in [-0.4, -0.2) is 60.7 Å². The van der Waals surface area contributed by atoms with Gasteiger partial charge in [0.05, 0.1) is 19.3 Å². The second kappa shape index (κ2) is 7.20. The second-order valence-corrected chi connectivity index (χ2v) is 5.86. The maximum absolute atomic E-state index is 5.76. The Morgan fingerprint density at radius 1 is 1.40 bits per heavy atom. The molecule has 1 aromatic heterocycles. The molecule has 20 heavy (non-hydrogen) atoms. The zero-order chi connectivity index (χ0) is 13.6. The molecule has 3 rings (SSSR count). The van der Waals surface area contributed by atoms with E-state index >= 15 is 0 Å². The standard InChI is InChI=1S/C15H25N3O2/c1-3-13(15-5-6-16-17-15)11-18(7-1)8-10-19-12-14-4-2-9-20-14/h5-6,13-14H,1-4,7-12H2,(H,16,17)/t13-,14+/m1/s1. The van der Waals surface area contributed by atoms with Crippen LogP contribution in [0.1, 0.15) is 37.3 Å². The third-order valence-electron chi connectivity index (χ3n) is 4.35. The average Bonchev–Trinajstić information content (AvgIpc) is 3.17. The van der Waals surface area contributed by atoms with Crippen molar-refractivity contribution < 1.29 is 9.47 Å². The lowest BCUT2D eigenvalue weighted by molar-refractivity contribution is 0.00849. The van der Waals surface area contributed by atoms with Gasteiger partial charge >= 0.3 is 0 Å². The predicted octanol–water partition coefficient (Wildman–Crippen LogP) is 1.78. The number of rotatable bonds is 6. The first kappa shape index (κ1) is 14.0. The molecule has 112 valence electrons. The van der Waals surface area contributed by atoms with Crippen LogP contribution < -0.4 is 0 Å². The maximum Gasteiger partial charge on any atom is 0.0809 e. The lowest BCUT2D eigenvalue weighted by atomic mass is 9.95. The Morgan fingerprint density at radius 3 is 3.20 bits per heavy atom. The summed E-state index contributed by atoms with van der Waals surface area (Å²) >= 11 is 0. The van der Waals surface area contributed by atoms with Gasteiger partial charge < -0.3 is 14.4 Å². The fourth-order valence-electron chi connectivity index (χ4n) is 3.19. The minimum atomic E-state index is 0.342. The summed E-state index contributed by atoms with van der Waals surface area (Å²) in [6.45, 7) is 5.82. The van der Waals surface area contributed by atoms with Gasteiger partial charge in [0.15, 0.2) is 0 Å². The second-order valence-electron chi connectivity index (χ2n) is 5.86. The molecule has 1 N–H and O–H groups in total. The first-order valence-corrected chi connectivity index (χ1v) is 7.83. The third-order valence-corrected chi connectivity index (χ3v) is 4.35. The van der Waals surface area contributed by atoms with Crippen LogP contribution in [0.4, 0.5) is 0 Å². The Bertz CT molecular complexity index is 376. The van der Waals surface area contributed by atoms with Crippen LogP contribution in [0.2, 0.25) is 0 Å². The van der Waals surface area contributed by atoms with Gasteiger partial charge in [-0.15, -0.1) is 0 Å². The fourth-order valence-corrected chi connectivity index (χ4v) is 3.19. The molecular weight excluding hydrogens is 254 g/mol. The van der Waals surface area contributed by atoms with Crippen molar-refractivity contribution in [2.45, 2.75) is 37.7 Å². The highest BCUT2D eigenvalue weighted by molar-refractivity contribution is 5.07. The van der Waals surface area contributed by atoms with Crippen LogP contribution in [-0.2, 0) is 9.47 Å². The average molecular weight is 279 g/mol. The summed E-state index contributed by atoms with van der Waals surface area (Å²) < 4.78 is 11.3. The number of nitrogens with one attached hydrogen (secondary N) is 1. The molecule has 0 aliphatic carbocycles. The van der Waals surface area contributed by atoms with Crippen molar-refractivity contribution in [1.29, 1.82) is 0 Å². The molecule has 3 heterocycles. The van der Waals surface area contributed by atoms with Crippen LogP contribution in [0.25, 0.3) is 0 Å². The Hall–Kier alpha value is -0.910. The molecular formula is C15H25N3O2. The van der Waals surface area contributed by atoms with Gasteiger partial charge in [0.25, 0.3) is 0 Å². The summed E-state index contributed by atoms with van der Waals surface area (Å²) in [5.41, 5.74) is 1.27. The highest BCUT2D eigenvalue weighted by Crippen LogP contribution is 2.24. The van der Waals surface area contributed by atoms with E-state index in [1.165, 1.54) is 31.5 Å². The minimum Gasteiger partial charge on any atom is -0.377 e. The first-order chi connectivity index (χ1) is 9.92. The SMILES string of the molecule is c1cc([C@@H]2CCCN(CCOC[C@@H]3CCCO3)C2)[nH]n1. The molecule has 0 bridgehead atoms. The Morgan fingerprint density at radius 2 is 2.40 bits per heavy atom. The van der Waals surface area contributed by atoms with Crippen molar-refractivity contribution in [1.82, 2.24) is 15.1 Å². The monoisotopic (exact) mass is 279 g/mol. The molecule has 2 aliphatic rings. The van der Waals surface area contributed by atoms with Gasteiger partial charge in [-0.05, 0) is 38.3 Å². The Labute approximate surface area is 120 Å². The van der Waals surface area contributed by atoms with Crippen LogP contribution in [0.5, 0.6) is 0 Å². The molecule has 0 radical (unpaired) electrons. The number of aromatic amines is 1. The van der Waals surface area contributed by atoms with E-state index in [0.29, 0.717) is 12.0 Å². The fraction of sp³-hybridized carbons (Fsp3) is 0.800. The summed E-state index contributed by atoms with van der Waals surface area (Å²) in [4.78, 5) is 2.50. The Kier molecular flexibility index (Phi) is 5.06. The van der Waals surface area contributed by atoms with E-state index in [9.17, 15) is 0 Å². The lowest BCUT2D eigenvalue weighted by Crippen LogP contribution is -2.37. The van der Waals surface area contributed by atoms with Crippen molar-refractivity contribution in [3.63, 3.8) is 0 Å². The normalized spacial score (nSPS) is 28.0. The van der Waals surface area contributed by atoms with Crippen LogP contribution in [0.15, 0.2) is 12.3 Å². The minimum absolute atomic E-state index is 0.342. The quantitative estimate of drug-likeness (QED) is 0.807. The first-order valence-electron chi connectivity index (χ1n) is 7.83. The highest BCUT2D eigenvalue weighted by Gasteiger charge is 2.22. The summed E-state index contributed by atoms with van der Waals surface area (Å²) in [5, 5.41) is 7.17. The van der Waals surface area contributed by atoms with E-state index in [0.717, 1.165) is 39.3 Å². The number of hydrogen-bond acceptors (Lipinski definition) is 4. The summed E-state index contributed by atoms with van der Waals surface area (Å²) in [7, 11) is 0. The van der Waals surface area contributed by atoms with E-state index in [4.69, 9.17) is 9.47 Å². The smallest absolute Gasteiger partial charge is 0.0809 e. The molecule has 1 aromatic rings. The predicted molar refractivity (Wildman–Crippen MR) is 76.8 cm³/mol. The van der Waals surface area contributed by atoms with E-state index < -0.39 is 0 Å². The maximum atomic E-state index is 5.76. The number of likely N-dealkylation sites (tertiary alicyclic amines) is 1. The number of piperidine rings is 1. The number of nitrogens with zero attached hydrogens (tertiary/aromatic N) is 2. The van der Waals surface area contributed by atoms with Gasteiger partial charge in [-0.25, -0.2) is 0 Å². The zero-order valence-corrected chi connectivity index (χ0v) is 12.1. The highest BCUT2D eigenvalue weighted by atomic mass is 16.5. The molecule has 2 fully saturated rings. The van der Waals surface area contributed by atoms with Crippen LogP contribution >= 0.6 is 0 Å². The lowest BCUT2D eigenvalue weighted by Gasteiger charge is -2.32. The van der Waals surface area contributed by atoms with Gasteiger partial charge in [-0.2, -0.15) is 5.10 Å². The topological polar surface area (TPSA) is 50.4 Å². The molecule has 5 heteroatoms. The number of aromatic nitrogens is 2. The van der Waals surface area contributed by atoms with Crippen molar-refractivity contribution in [2.75, 3.05) is 39.5 Å². The van der Waals surface area contributed by atoms with Crippen LogP contribution in [0.3, 0.4) is 0 Å². The molecule has 2 atom stereocenters. The van der Waals surface area contributed by atoms with E-state index in [1.54, 1.807) is 0 Å². The molecule has 2 saturated heterocycles. The zero-order valence-electron chi connectivity index (χ0n) is 12.1. The van der Waals surface area contributed by atoms with Gasteiger partial charge in [0.2, 0.25) is 0 Å². The van der Waals surface area contributed by atoms with Gasteiger partial charge in [-0.1, -0.05) is 0 Å². The van der Waals surface area contributed by atoms with E-state index in [2.05, 4.69) is 21.2 Å². The summed E-state index contributed by atoms with van der Waals surface area (Å²) in [6, 6.07) is 2.10.